The maximum absolute atomic E-state index is 12.4. The maximum Gasteiger partial charge on any atom is 0.280 e. The minimum atomic E-state index is -3.45. The van der Waals surface area contributed by atoms with Gasteiger partial charge in [0.2, 0.25) is 0 Å². The summed E-state index contributed by atoms with van der Waals surface area (Å²) in [6.07, 6.45) is 0. The first kappa shape index (κ1) is 14.8. The zero-order valence-corrected chi connectivity index (χ0v) is 14.0. The van der Waals surface area contributed by atoms with Gasteiger partial charge in [-0.15, -0.1) is 11.3 Å². The SMILES string of the molecule is O=S1(=O)NC(c2cccc3sccc23)CN1Cc1ccccc1. The lowest BCUT2D eigenvalue weighted by Gasteiger charge is -2.13. The maximum atomic E-state index is 12.4. The molecule has 4 nitrogen and oxygen atoms in total. The highest BCUT2D eigenvalue weighted by molar-refractivity contribution is 7.87. The van der Waals surface area contributed by atoms with Gasteiger partial charge in [-0.25, -0.2) is 0 Å². The molecular weight excluding hydrogens is 328 g/mol. The third-order valence-corrected chi connectivity index (χ3v) is 6.55. The van der Waals surface area contributed by atoms with Crippen molar-refractivity contribution in [3.05, 3.63) is 71.1 Å². The van der Waals surface area contributed by atoms with Gasteiger partial charge in [-0.2, -0.15) is 17.4 Å². The highest BCUT2D eigenvalue weighted by Crippen LogP contribution is 2.32. The Balaban J connectivity index is 1.65. The molecule has 1 aliphatic rings. The average molecular weight is 344 g/mol. The van der Waals surface area contributed by atoms with Crippen molar-refractivity contribution in [2.24, 2.45) is 0 Å². The summed E-state index contributed by atoms with van der Waals surface area (Å²) in [5, 5.41) is 3.17. The number of rotatable bonds is 3. The van der Waals surface area contributed by atoms with E-state index in [0.29, 0.717) is 13.1 Å². The summed E-state index contributed by atoms with van der Waals surface area (Å²) in [7, 11) is -3.45. The standard InChI is InChI=1S/C17H16N2O2S2/c20-23(21)18-16(12-19(23)11-13-5-2-1-3-6-13)14-7-4-8-17-15(14)9-10-22-17/h1-10,16,18H,11-12H2. The van der Waals surface area contributed by atoms with Crippen molar-refractivity contribution < 1.29 is 8.42 Å². The Kier molecular flexibility index (Phi) is 3.69. The molecule has 2 aromatic carbocycles. The van der Waals surface area contributed by atoms with Gasteiger partial charge in [-0.1, -0.05) is 42.5 Å². The molecule has 3 aromatic rings. The van der Waals surface area contributed by atoms with Crippen molar-refractivity contribution in [2.75, 3.05) is 6.54 Å². The Hall–Kier alpha value is -1.73. The molecule has 0 bridgehead atoms. The number of fused-ring (bicyclic) bond motifs is 1. The van der Waals surface area contributed by atoms with Crippen LogP contribution in [0.2, 0.25) is 0 Å². The van der Waals surface area contributed by atoms with Crippen LogP contribution in [0, 0.1) is 0 Å². The van der Waals surface area contributed by atoms with E-state index in [1.54, 1.807) is 11.3 Å². The second kappa shape index (κ2) is 5.72. The van der Waals surface area contributed by atoms with E-state index < -0.39 is 10.2 Å². The quantitative estimate of drug-likeness (QED) is 0.792. The molecule has 23 heavy (non-hydrogen) atoms. The van der Waals surface area contributed by atoms with Crippen LogP contribution in [0.4, 0.5) is 0 Å². The normalized spacial score (nSPS) is 21.0. The van der Waals surface area contributed by atoms with Crippen LogP contribution >= 0.6 is 11.3 Å². The lowest BCUT2D eigenvalue weighted by molar-refractivity contribution is 0.426. The molecule has 0 radical (unpaired) electrons. The van der Waals surface area contributed by atoms with Gasteiger partial charge in [0.25, 0.3) is 10.2 Å². The van der Waals surface area contributed by atoms with E-state index in [1.165, 1.54) is 9.01 Å². The molecule has 1 saturated heterocycles. The van der Waals surface area contributed by atoms with Crippen molar-refractivity contribution in [1.82, 2.24) is 9.03 Å². The van der Waals surface area contributed by atoms with E-state index in [4.69, 9.17) is 0 Å². The minimum Gasteiger partial charge on any atom is -0.195 e. The number of benzene rings is 2. The van der Waals surface area contributed by atoms with Gasteiger partial charge in [0.1, 0.15) is 0 Å². The molecule has 1 unspecified atom stereocenters. The molecule has 0 amide bonds. The van der Waals surface area contributed by atoms with E-state index in [1.807, 2.05) is 47.8 Å². The summed E-state index contributed by atoms with van der Waals surface area (Å²) < 4.78 is 30.4. The first-order valence-corrected chi connectivity index (χ1v) is 9.73. The van der Waals surface area contributed by atoms with Gasteiger partial charge in [0, 0.05) is 17.8 Å². The summed E-state index contributed by atoms with van der Waals surface area (Å²) in [5.41, 5.74) is 2.04. The molecule has 1 atom stereocenters. The van der Waals surface area contributed by atoms with Crippen LogP contribution in [-0.4, -0.2) is 19.3 Å². The van der Waals surface area contributed by atoms with Crippen molar-refractivity contribution in [2.45, 2.75) is 12.6 Å². The molecule has 1 fully saturated rings. The summed E-state index contributed by atoms with van der Waals surface area (Å²) in [5.74, 6) is 0. The molecule has 1 aromatic heterocycles. The van der Waals surface area contributed by atoms with Crippen LogP contribution in [0.15, 0.2) is 60.0 Å². The van der Waals surface area contributed by atoms with Gasteiger partial charge in [-0.3, -0.25) is 0 Å². The first-order valence-electron chi connectivity index (χ1n) is 7.41. The van der Waals surface area contributed by atoms with Crippen molar-refractivity contribution >= 4 is 31.6 Å². The summed E-state index contributed by atoms with van der Waals surface area (Å²) >= 11 is 1.67. The molecule has 118 valence electrons. The van der Waals surface area contributed by atoms with Crippen LogP contribution in [0.1, 0.15) is 17.2 Å². The topological polar surface area (TPSA) is 49.4 Å². The number of hydrogen-bond donors (Lipinski definition) is 1. The number of thiophene rings is 1. The van der Waals surface area contributed by atoms with Crippen LogP contribution in [-0.2, 0) is 16.8 Å². The molecule has 6 heteroatoms. The van der Waals surface area contributed by atoms with Crippen LogP contribution in [0.5, 0.6) is 0 Å². The zero-order valence-electron chi connectivity index (χ0n) is 12.3. The second-order valence-electron chi connectivity index (χ2n) is 5.63. The number of nitrogens with zero attached hydrogens (tertiary/aromatic N) is 1. The lowest BCUT2D eigenvalue weighted by Crippen LogP contribution is -2.29. The number of nitrogens with one attached hydrogen (secondary N) is 1. The molecule has 0 spiro atoms. The van der Waals surface area contributed by atoms with Crippen molar-refractivity contribution in [3.8, 4) is 0 Å². The Labute approximate surface area is 139 Å². The van der Waals surface area contributed by atoms with E-state index in [-0.39, 0.29) is 6.04 Å². The van der Waals surface area contributed by atoms with Crippen LogP contribution in [0.3, 0.4) is 0 Å². The van der Waals surface area contributed by atoms with E-state index in [9.17, 15) is 8.42 Å². The fourth-order valence-electron chi connectivity index (χ4n) is 3.01. The Bertz CT molecular complexity index is 935. The van der Waals surface area contributed by atoms with E-state index >= 15 is 0 Å². The third kappa shape index (κ3) is 2.79. The molecule has 1 aliphatic heterocycles. The Morgan fingerprint density at radius 1 is 1.09 bits per heavy atom. The van der Waals surface area contributed by atoms with Crippen molar-refractivity contribution in [1.29, 1.82) is 0 Å². The predicted molar refractivity (Wildman–Crippen MR) is 93.5 cm³/mol. The number of hydrogen-bond acceptors (Lipinski definition) is 3. The van der Waals surface area contributed by atoms with Crippen LogP contribution < -0.4 is 4.72 Å². The van der Waals surface area contributed by atoms with Gasteiger partial charge in [-0.05, 0) is 34.0 Å². The summed E-state index contributed by atoms with van der Waals surface area (Å²) in [4.78, 5) is 0. The molecule has 0 saturated carbocycles. The molecule has 1 N–H and O–H groups in total. The monoisotopic (exact) mass is 344 g/mol. The fourth-order valence-corrected chi connectivity index (χ4v) is 5.21. The summed E-state index contributed by atoms with van der Waals surface area (Å²) in [6.45, 7) is 0.846. The largest absolute Gasteiger partial charge is 0.280 e. The Morgan fingerprint density at radius 3 is 2.74 bits per heavy atom. The Morgan fingerprint density at radius 2 is 1.91 bits per heavy atom. The molecule has 2 heterocycles. The predicted octanol–water partition coefficient (Wildman–Crippen LogP) is 3.29. The molecule has 4 rings (SSSR count). The zero-order chi connectivity index (χ0) is 15.9. The van der Waals surface area contributed by atoms with E-state index in [2.05, 4.69) is 16.9 Å². The van der Waals surface area contributed by atoms with Gasteiger partial charge >= 0.3 is 0 Å². The third-order valence-electron chi connectivity index (χ3n) is 4.12. The van der Waals surface area contributed by atoms with Gasteiger partial charge in [0.05, 0.1) is 6.04 Å². The minimum absolute atomic E-state index is 0.206. The lowest BCUT2D eigenvalue weighted by atomic mass is 10.0. The van der Waals surface area contributed by atoms with E-state index in [0.717, 1.165) is 16.5 Å². The summed E-state index contributed by atoms with van der Waals surface area (Å²) in [6, 6.07) is 17.6. The van der Waals surface area contributed by atoms with Gasteiger partial charge in [0.15, 0.2) is 0 Å². The highest BCUT2D eigenvalue weighted by Gasteiger charge is 2.36. The smallest absolute Gasteiger partial charge is 0.195 e. The fraction of sp³-hybridized carbons (Fsp3) is 0.176. The van der Waals surface area contributed by atoms with Gasteiger partial charge < -0.3 is 0 Å². The van der Waals surface area contributed by atoms with Crippen LogP contribution in [0.25, 0.3) is 10.1 Å². The highest BCUT2D eigenvalue weighted by atomic mass is 32.2. The second-order valence-corrected chi connectivity index (χ2v) is 8.28. The molecule has 0 aliphatic carbocycles. The average Bonchev–Trinajstić information content (AvgIpc) is 3.13. The van der Waals surface area contributed by atoms with Crippen molar-refractivity contribution in [3.63, 3.8) is 0 Å². The molecular formula is C17H16N2O2S2. The first-order chi connectivity index (χ1) is 11.1.